The molecular formula is C15H33N3PtSi. The first-order valence-corrected chi connectivity index (χ1v) is 7.50. The number of allylic oxidation sites excluding steroid dienone is 4. The van der Waals surface area contributed by atoms with Gasteiger partial charge in [0, 0.05) is 0 Å². The van der Waals surface area contributed by atoms with E-state index in [-0.39, 0.29) is 43.3 Å². The molecule has 0 heterocycles. The van der Waals surface area contributed by atoms with Crippen LogP contribution >= 0.6 is 0 Å². The van der Waals surface area contributed by atoms with Crippen LogP contribution in [0.25, 0.3) is 0 Å². The Morgan fingerprint density at radius 3 is 1.45 bits per heavy atom. The summed E-state index contributed by atoms with van der Waals surface area (Å²) in [5, 5.41) is 1.48. The number of rotatable bonds is 4. The van der Waals surface area contributed by atoms with Crippen molar-refractivity contribution in [3.8, 4) is 0 Å². The summed E-state index contributed by atoms with van der Waals surface area (Å²) < 4.78 is 7.15. The van der Waals surface area contributed by atoms with Gasteiger partial charge in [0.25, 0.3) is 0 Å². The third-order valence-corrected chi connectivity index (χ3v) is 8.35. The summed E-state index contributed by atoms with van der Waals surface area (Å²) in [4.78, 5) is 0. The van der Waals surface area contributed by atoms with E-state index in [2.05, 4.69) is 75.1 Å². The van der Waals surface area contributed by atoms with E-state index in [4.69, 9.17) is 0 Å². The standard InChI is InChI=1S/C12H24N3Si.3CH3.Pt/c1-11-9-8-10-12(11)16(13(2)3,14(4)5)15(6)7;;;;/h10H,8H2,1-7H3;3*1H3;/q4*-1;+4. The van der Waals surface area contributed by atoms with Gasteiger partial charge < -0.3 is 36.0 Å². The zero-order valence-electron chi connectivity index (χ0n) is 14.9. The van der Waals surface area contributed by atoms with Crippen LogP contribution in [0.1, 0.15) is 13.3 Å². The van der Waals surface area contributed by atoms with Crippen LogP contribution in [-0.4, -0.2) is 64.5 Å². The summed E-state index contributed by atoms with van der Waals surface area (Å²) in [6.07, 6.45) is 6.72. The zero-order chi connectivity index (χ0) is 12.5. The van der Waals surface area contributed by atoms with Gasteiger partial charge in [-0.15, -0.1) is 6.42 Å². The van der Waals surface area contributed by atoms with Crippen molar-refractivity contribution in [3.05, 3.63) is 45.2 Å². The fourth-order valence-electron chi connectivity index (χ4n) is 2.87. The van der Waals surface area contributed by atoms with E-state index in [1.165, 1.54) is 10.8 Å². The molecule has 0 spiro atoms. The van der Waals surface area contributed by atoms with E-state index in [0.717, 1.165) is 6.42 Å². The molecule has 0 atom stereocenters. The summed E-state index contributed by atoms with van der Waals surface area (Å²) in [5.41, 5.74) is 1.32. The van der Waals surface area contributed by atoms with E-state index < -0.39 is 8.56 Å². The Labute approximate surface area is 144 Å². The van der Waals surface area contributed by atoms with Crippen molar-refractivity contribution < 1.29 is 21.1 Å². The molecule has 5 heteroatoms. The van der Waals surface area contributed by atoms with Gasteiger partial charge in [0.2, 0.25) is 8.56 Å². The van der Waals surface area contributed by atoms with Crippen LogP contribution < -0.4 is 0 Å². The maximum Gasteiger partial charge on any atom is 4.00 e. The minimum absolute atomic E-state index is 0. The van der Waals surface area contributed by atoms with Crippen LogP contribution in [0.3, 0.4) is 0 Å². The van der Waals surface area contributed by atoms with Crippen molar-refractivity contribution in [1.29, 1.82) is 0 Å². The fourth-order valence-corrected chi connectivity index (χ4v) is 7.68. The Balaban J connectivity index is -0.000000320. The molecule has 0 bridgehead atoms. The second-order valence-corrected chi connectivity index (χ2v) is 9.44. The van der Waals surface area contributed by atoms with Crippen molar-refractivity contribution in [1.82, 2.24) is 13.7 Å². The molecule has 3 nitrogen and oxygen atoms in total. The van der Waals surface area contributed by atoms with E-state index in [0.29, 0.717) is 0 Å². The summed E-state index contributed by atoms with van der Waals surface area (Å²) >= 11 is 0. The van der Waals surface area contributed by atoms with E-state index in [9.17, 15) is 0 Å². The summed E-state index contributed by atoms with van der Waals surface area (Å²) in [6, 6.07) is 0. The summed E-state index contributed by atoms with van der Waals surface area (Å²) in [5.74, 6) is 0. The van der Waals surface area contributed by atoms with Gasteiger partial charge in [-0.05, 0) is 42.3 Å². The second kappa shape index (κ2) is 10.9. The third-order valence-electron chi connectivity index (χ3n) is 3.31. The largest absolute Gasteiger partial charge is 4.00 e. The molecule has 0 fully saturated rings. The first-order valence-electron chi connectivity index (χ1n) is 5.65. The minimum Gasteiger partial charge on any atom is -0.358 e. The molecule has 0 saturated carbocycles. The Morgan fingerprint density at radius 2 is 1.25 bits per heavy atom. The zero-order valence-corrected chi connectivity index (χ0v) is 18.2. The molecule has 0 amide bonds. The van der Waals surface area contributed by atoms with Gasteiger partial charge in [-0.1, -0.05) is 6.92 Å². The number of hydrogen-bond acceptors (Lipinski definition) is 3. The molecule has 1 rings (SSSR count). The monoisotopic (exact) mass is 478 g/mol. The Bertz CT molecular complexity index is 301. The molecule has 0 radical (unpaired) electrons. The molecular weight excluding hydrogens is 445 g/mol. The first kappa shape index (κ1) is 28.4. The summed E-state index contributed by atoms with van der Waals surface area (Å²) in [7, 11) is 11.2. The molecule has 20 heavy (non-hydrogen) atoms. The Morgan fingerprint density at radius 1 is 0.900 bits per heavy atom. The molecule has 1 aliphatic rings. The maximum atomic E-state index is 3.42. The number of hydrogen-bond donors (Lipinski definition) is 0. The van der Waals surface area contributed by atoms with Gasteiger partial charge in [-0.25, -0.2) is 5.57 Å². The molecule has 1 aliphatic carbocycles. The van der Waals surface area contributed by atoms with Crippen LogP contribution in [0, 0.1) is 28.4 Å². The molecule has 0 aromatic carbocycles. The third kappa shape index (κ3) is 4.64. The van der Waals surface area contributed by atoms with Crippen molar-refractivity contribution in [2.75, 3.05) is 42.3 Å². The van der Waals surface area contributed by atoms with Crippen LogP contribution in [0.2, 0.25) is 0 Å². The predicted molar refractivity (Wildman–Crippen MR) is 91.2 cm³/mol. The van der Waals surface area contributed by atoms with Gasteiger partial charge in [-0.2, -0.15) is 11.3 Å². The van der Waals surface area contributed by atoms with Crippen LogP contribution in [0.5, 0.6) is 0 Å². The molecule has 0 aromatic rings. The molecule has 0 unspecified atom stereocenters. The average molecular weight is 479 g/mol. The van der Waals surface area contributed by atoms with Gasteiger partial charge in [0.15, 0.2) is 0 Å². The average Bonchev–Trinajstić information content (AvgIpc) is 2.51. The molecule has 0 N–H and O–H groups in total. The van der Waals surface area contributed by atoms with Gasteiger partial charge in [0.05, 0.1) is 0 Å². The quantitative estimate of drug-likeness (QED) is 0.454. The van der Waals surface area contributed by atoms with E-state index in [1.807, 2.05) is 0 Å². The fraction of sp³-hybridized carbons (Fsp3) is 0.533. The second-order valence-electron chi connectivity index (χ2n) is 4.94. The number of nitrogens with zero attached hydrogens (tertiary/aromatic N) is 3. The van der Waals surface area contributed by atoms with E-state index in [1.54, 1.807) is 0 Å². The summed E-state index contributed by atoms with van der Waals surface area (Å²) in [6.45, 7) is 2.18. The van der Waals surface area contributed by atoms with Crippen molar-refractivity contribution >= 4 is 8.56 Å². The van der Waals surface area contributed by atoms with Gasteiger partial charge in [0.1, 0.15) is 0 Å². The maximum absolute atomic E-state index is 3.42. The molecule has 0 saturated heterocycles. The smallest absolute Gasteiger partial charge is 0.358 e. The predicted octanol–water partition coefficient (Wildman–Crippen LogP) is 2.58. The minimum atomic E-state index is -1.90. The van der Waals surface area contributed by atoms with Gasteiger partial charge >= 0.3 is 21.1 Å². The van der Waals surface area contributed by atoms with Crippen molar-refractivity contribution in [2.45, 2.75) is 13.3 Å². The van der Waals surface area contributed by atoms with Crippen LogP contribution in [0.15, 0.2) is 16.8 Å². The van der Waals surface area contributed by atoms with Crippen LogP contribution in [0.4, 0.5) is 0 Å². The van der Waals surface area contributed by atoms with E-state index >= 15 is 0 Å². The molecule has 122 valence electrons. The van der Waals surface area contributed by atoms with Crippen LogP contribution in [-0.2, 0) is 21.1 Å². The topological polar surface area (TPSA) is 9.72 Å². The Hall–Kier alpha value is 0.265. The normalized spacial score (nSPS) is 13.9. The van der Waals surface area contributed by atoms with Gasteiger partial charge in [-0.3, -0.25) is 6.08 Å². The SMILES string of the molecule is CC1=[C-]CC=C1[Si](N(C)C)(N(C)C)N(C)C.[CH3-].[CH3-].[CH3-].[Pt+4]. The Kier molecular flexibility index (Phi) is 15.5. The molecule has 0 aromatic heterocycles. The first-order chi connectivity index (χ1) is 7.35. The molecule has 0 aliphatic heterocycles. The van der Waals surface area contributed by atoms with Crippen molar-refractivity contribution in [3.63, 3.8) is 0 Å². The van der Waals surface area contributed by atoms with Crippen molar-refractivity contribution in [2.24, 2.45) is 0 Å².